The summed E-state index contributed by atoms with van der Waals surface area (Å²) in [6.45, 7) is 1.16. The zero-order valence-electron chi connectivity index (χ0n) is 14.9. The highest BCUT2D eigenvalue weighted by Crippen LogP contribution is 2.11. The first-order chi connectivity index (χ1) is 13.2. The van der Waals surface area contributed by atoms with Crippen LogP contribution in [0, 0.1) is 0 Å². The Hall–Kier alpha value is -2.92. The number of hydrogen-bond donors (Lipinski definition) is 2. The van der Waals surface area contributed by atoms with Gasteiger partial charge < -0.3 is 10.6 Å². The van der Waals surface area contributed by atoms with Crippen LogP contribution in [-0.2, 0) is 13.0 Å². The Kier molecular flexibility index (Phi) is 6.77. The Morgan fingerprint density at radius 2 is 1.74 bits per heavy atom. The van der Waals surface area contributed by atoms with Crippen molar-refractivity contribution in [2.24, 2.45) is 0 Å². The third-order valence-corrected chi connectivity index (χ3v) is 4.27. The standard InChI is InChI=1S/C21H21ClN4O/c22-18-10-8-17(9-11-18)15-25-21-24-14-12-19(26-21)20(27)23-13-4-7-16-5-2-1-3-6-16/h1-3,5-6,8-12,14H,4,7,13,15H2,(H,23,27)(H,24,25,26). The van der Waals surface area contributed by atoms with Gasteiger partial charge in [0.2, 0.25) is 5.95 Å². The van der Waals surface area contributed by atoms with E-state index in [-0.39, 0.29) is 5.91 Å². The van der Waals surface area contributed by atoms with E-state index >= 15 is 0 Å². The van der Waals surface area contributed by atoms with Gasteiger partial charge in [0.15, 0.2) is 0 Å². The number of aromatic nitrogens is 2. The number of nitrogens with one attached hydrogen (secondary N) is 2. The van der Waals surface area contributed by atoms with Crippen LogP contribution in [0.2, 0.25) is 5.02 Å². The molecule has 3 rings (SSSR count). The summed E-state index contributed by atoms with van der Waals surface area (Å²) in [5.74, 6) is 0.224. The van der Waals surface area contributed by atoms with Gasteiger partial charge in [0.25, 0.3) is 5.91 Å². The molecule has 0 bridgehead atoms. The van der Waals surface area contributed by atoms with Gasteiger partial charge in [-0.2, -0.15) is 0 Å². The van der Waals surface area contributed by atoms with E-state index in [0.717, 1.165) is 18.4 Å². The maximum Gasteiger partial charge on any atom is 0.270 e. The lowest BCUT2D eigenvalue weighted by molar-refractivity contribution is 0.0948. The Morgan fingerprint density at radius 3 is 2.52 bits per heavy atom. The first kappa shape index (κ1) is 18.9. The molecule has 27 heavy (non-hydrogen) atoms. The van der Waals surface area contributed by atoms with Gasteiger partial charge in [0, 0.05) is 24.3 Å². The molecule has 0 aliphatic carbocycles. The van der Waals surface area contributed by atoms with Crippen molar-refractivity contribution in [3.63, 3.8) is 0 Å². The summed E-state index contributed by atoms with van der Waals surface area (Å²) < 4.78 is 0. The summed E-state index contributed by atoms with van der Waals surface area (Å²) in [5.41, 5.74) is 2.67. The fourth-order valence-corrected chi connectivity index (χ4v) is 2.71. The normalized spacial score (nSPS) is 10.4. The summed E-state index contributed by atoms with van der Waals surface area (Å²) in [6.07, 6.45) is 3.39. The second-order valence-corrected chi connectivity index (χ2v) is 6.53. The summed E-state index contributed by atoms with van der Waals surface area (Å²) >= 11 is 5.88. The van der Waals surface area contributed by atoms with Crippen molar-refractivity contribution in [1.29, 1.82) is 0 Å². The highest BCUT2D eigenvalue weighted by Gasteiger charge is 2.08. The smallest absolute Gasteiger partial charge is 0.270 e. The minimum Gasteiger partial charge on any atom is -0.351 e. The molecule has 0 aliphatic heterocycles. The number of amides is 1. The molecule has 1 aromatic heterocycles. The van der Waals surface area contributed by atoms with Gasteiger partial charge in [-0.05, 0) is 42.2 Å². The number of hydrogen-bond acceptors (Lipinski definition) is 4. The Balaban J connectivity index is 1.47. The molecule has 0 fully saturated rings. The van der Waals surface area contributed by atoms with Gasteiger partial charge >= 0.3 is 0 Å². The van der Waals surface area contributed by atoms with E-state index < -0.39 is 0 Å². The van der Waals surface area contributed by atoms with Gasteiger partial charge in [-0.15, -0.1) is 0 Å². The van der Waals surface area contributed by atoms with Crippen LogP contribution in [0.4, 0.5) is 5.95 Å². The maximum atomic E-state index is 12.3. The van der Waals surface area contributed by atoms with Crippen LogP contribution >= 0.6 is 11.6 Å². The van der Waals surface area contributed by atoms with Crippen molar-refractivity contribution in [1.82, 2.24) is 15.3 Å². The fraction of sp³-hybridized carbons (Fsp3) is 0.190. The van der Waals surface area contributed by atoms with Gasteiger partial charge in [-0.25, -0.2) is 9.97 Å². The Bertz CT molecular complexity index is 869. The summed E-state index contributed by atoms with van der Waals surface area (Å²) in [6, 6.07) is 19.4. The monoisotopic (exact) mass is 380 g/mol. The van der Waals surface area contributed by atoms with Crippen molar-refractivity contribution < 1.29 is 4.79 Å². The van der Waals surface area contributed by atoms with E-state index in [4.69, 9.17) is 11.6 Å². The highest BCUT2D eigenvalue weighted by molar-refractivity contribution is 6.30. The molecule has 3 aromatic rings. The molecule has 6 heteroatoms. The third-order valence-electron chi connectivity index (χ3n) is 4.02. The van der Waals surface area contributed by atoms with E-state index in [2.05, 4.69) is 32.7 Å². The molecular formula is C21H21ClN4O. The molecule has 1 heterocycles. The molecule has 1 amide bonds. The number of carbonyl (C=O) groups is 1. The van der Waals surface area contributed by atoms with Crippen molar-refractivity contribution in [3.8, 4) is 0 Å². The van der Waals surface area contributed by atoms with Crippen molar-refractivity contribution in [3.05, 3.63) is 88.7 Å². The van der Waals surface area contributed by atoms with E-state index in [9.17, 15) is 4.79 Å². The zero-order chi connectivity index (χ0) is 18.9. The van der Waals surface area contributed by atoms with Crippen molar-refractivity contribution in [2.45, 2.75) is 19.4 Å². The molecule has 0 saturated heterocycles. The number of carbonyl (C=O) groups excluding carboxylic acids is 1. The molecule has 2 N–H and O–H groups in total. The minimum atomic E-state index is -0.194. The average molecular weight is 381 g/mol. The second-order valence-electron chi connectivity index (χ2n) is 6.09. The first-order valence-corrected chi connectivity index (χ1v) is 9.22. The highest BCUT2D eigenvalue weighted by atomic mass is 35.5. The number of nitrogens with zero attached hydrogens (tertiary/aromatic N) is 2. The van der Waals surface area contributed by atoms with Gasteiger partial charge in [-0.1, -0.05) is 54.1 Å². The Morgan fingerprint density at radius 1 is 0.963 bits per heavy atom. The fourth-order valence-electron chi connectivity index (χ4n) is 2.58. The minimum absolute atomic E-state index is 0.194. The molecule has 0 saturated carbocycles. The topological polar surface area (TPSA) is 66.9 Å². The van der Waals surface area contributed by atoms with Crippen LogP contribution in [0.15, 0.2) is 66.9 Å². The van der Waals surface area contributed by atoms with E-state index in [1.54, 1.807) is 12.3 Å². The lowest BCUT2D eigenvalue weighted by Gasteiger charge is -2.08. The predicted molar refractivity (Wildman–Crippen MR) is 108 cm³/mol. The van der Waals surface area contributed by atoms with Crippen molar-refractivity contribution >= 4 is 23.5 Å². The Labute approximate surface area is 163 Å². The maximum absolute atomic E-state index is 12.3. The van der Waals surface area contributed by atoms with Crippen LogP contribution in [0.5, 0.6) is 0 Å². The van der Waals surface area contributed by atoms with Crippen LogP contribution in [0.25, 0.3) is 0 Å². The molecule has 0 spiro atoms. The number of benzene rings is 2. The molecular weight excluding hydrogens is 360 g/mol. The van der Waals surface area contributed by atoms with Gasteiger partial charge in [0.05, 0.1) is 0 Å². The quantitative estimate of drug-likeness (QED) is 0.577. The number of aryl methyl sites for hydroxylation is 1. The molecule has 138 valence electrons. The van der Waals surface area contributed by atoms with Gasteiger partial charge in [0.1, 0.15) is 5.69 Å². The zero-order valence-corrected chi connectivity index (χ0v) is 15.6. The molecule has 0 unspecified atom stereocenters. The largest absolute Gasteiger partial charge is 0.351 e. The van der Waals surface area contributed by atoms with Crippen LogP contribution in [0.3, 0.4) is 0 Å². The summed E-state index contributed by atoms with van der Waals surface area (Å²) in [7, 11) is 0. The van der Waals surface area contributed by atoms with Crippen LogP contribution < -0.4 is 10.6 Å². The van der Waals surface area contributed by atoms with E-state index in [1.807, 2.05) is 42.5 Å². The van der Waals surface area contributed by atoms with E-state index in [0.29, 0.717) is 29.8 Å². The van der Waals surface area contributed by atoms with E-state index in [1.165, 1.54) is 5.56 Å². The first-order valence-electron chi connectivity index (χ1n) is 8.84. The van der Waals surface area contributed by atoms with Crippen LogP contribution in [-0.4, -0.2) is 22.4 Å². The lowest BCUT2D eigenvalue weighted by atomic mass is 10.1. The number of halogens is 1. The average Bonchev–Trinajstić information content (AvgIpc) is 2.71. The number of anilines is 1. The molecule has 0 atom stereocenters. The van der Waals surface area contributed by atoms with Crippen molar-refractivity contribution in [2.75, 3.05) is 11.9 Å². The predicted octanol–water partition coefficient (Wildman–Crippen LogP) is 4.10. The SMILES string of the molecule is O=C(NCCCc1ccccc1)c1ccnc(NCc2ccc(Cl)cc2)n1. The summed E-state index contributed by atoms with van der Waals surface area (Å²) in [5, 5.41) is 6.72. The summed E-state index contributed by atoms with van der Waals surface area (Å²) in [4.78, 5) is 20.7. The molecule has 2 aromatic carbocycles. The van der Waals surface area contributed by atoms with Gasteiger partial charge in [-0.3, -0.25) is 4.79 Å². The number of rotatable bonds is 8. The molecule has 0 radical (unpaired) electrons. The molecule has 0 aliphatic rings. The third kappa shape index (κ3) is 6.08. The molecule has 5 nitrogen and oxygen atoms in total. The second kappa shape index (κ2) is 9.69. The lowest BCUT2D eigenvalue weighted by Crippen LogP contribution is -2.26. The van der Waals surface area contributed by atoms with Crippen LogP contribution in [0.1, 0.15) is 28.0 Å².